The van der Waals surface area contributed by atoms with Crippen LogP contribution in [0.2, 0.25) is 5.02 Å². The molecule has 0 saturated carbocycles. The highest BCUT2D eigenvalue weighted by Crippen LogP contribution is 2.35. The van der Waals surface area contributed by atoms with E-state index in [1.165, 1.54) is 4.57 Å². The molecule has 0 radical (unpaired) electrons. The maximum Gasteiger partial charge on any atom is 0.329 e. The molecule has 5 heterocycles. The van der Waals surface area contributed by atoms with Crippen molar-refractivity contribution in [2.45, 2.75) is 76.5 Å². The lowest BCUT2D eigenvalue weighted by Crippen LogP contribution is -2.46. The molecule has 312 valence electrons. The van der Waals surface area contributed by atoms with E-state index in [-0.39, 0.29) is 23.4 Å². The summed E-state index contributed by atoms with van der Waals surface area (Å²) in [6.45, 7) is 9.32. The number of imidazole rings is 1. The summed E-state index contributed by atoms with van der Waals surface area (Å²) < 4.78 is 9.29. The molecule has 0 aliphatic carbocycles. The molecular weight excluding hydrogens is 778 g/mol. The van der Waals surface area contributed by atoms with Gasteiger partial charge in [-0.2, -0.15) is 5.26 Å². The zero-order valence-electron chi connectivity index (χ0n) is 34.7. The maximum absolute atomic E-state index is 13.3. The molecule has 5 aromatic rings. The van der Waals surface area contributed by atoms with Crippen molar-refractivity contribution in [3.05, 3.63) is 111 Å². The second-order valence-electron chi connectivity index (χ2n) is 17.1. The van der Waals surface area contributed by atoms with Gasteiger partial charge in [-0.1, -0.05) is 37.6 Å². The number of nitrogens with one attached hydrogen (secondary N) is 1. The number of aromatic nitrogens is 4. The molecule has 2 aromatic heterocycles. The number of imide groups is 1. The topological polar surface area (TPSA) is 142 Å². The van der Waals surface area contributed by atoms with Crippen LogP contribution in [-0.4, -0.2) is 81.6 Å². The smallest absolute Gasteiger partial charge is 0.329 e. The highest BCUT2D eigenvalue weighted by Gasteiger charge is 2.32. The number of anilines is 2. The first-order valence-corrected chi connectivity index (χ1v) is 21.3. The van der Waals surface area contributed by atoms with Gasteiger partial charge in [0.25, 0.3) is 0 Å². The molecule has 2 amide bonds. The van der Waals surface area contributed by atoms with Gasteiger partial charge in [0.2, 0.25) is 17.8 Å². The molecule has 1 N–H and O–H groups in total. The molecule has 3 aliphatic heterocycles. The molecule has 1 atom stereocenters. The average molecular weight is 830 g/mol. The van der Waals surface area contributed by atoms with Crippen LogP contribution < -0.4 is 25.5 Å². The average Bonchev–Trinajstić information content (AvgIpc) is 3.50. The maximum atomic E-state index is 13.3. The number of amides is 2. The third-order valence-electron chi connectivity index (χ3n) is 12.9. The molecular formula is C46H52ClN9O4. The Morgan fingerprint density at radius 2 is 1.63 bits per heavy atom. The molecule has 3 aromatic carbocycles. The Hall–Kier alpha value is -5.71. The SMILES string of the molecule is CN(CC1CCN(c2nccc(COc3ccc(C(C)(C)c4cc(Cl)cc(C#N)c4)cc3)n2)CC1)C1CCN(c2ccc3c(c2)n(C)c(=O)n3C2CCC(=O)NC2=O)CC1. The predicted octanol–water partition coefficient (Wildman–Crippen LogP) is 6.35. The summed E-state index contributed by atoms with van der Waals surface area (Å²) in [5, 5.41) is 12.4. The van der Waals surface area contributed by atoms with Crippen LogP contribution in [0.1, 0.15) is 80.8 Å². The fourth-order valence-electron chi connectivity index (χ4n) is 9.14. The lowest BCUT2D eigenvalue weighted by Gasteiger charge is -2.40. The first-order chi connectivity index (χ1) is 28.9. The third kappa shape index (κ3) is 8.49. The summed E-state index contributed by atoms with van der Waals surface area (Å²) in [5.74, 6) is 1.39. The van der Waals surface area contributed by atoms with E-state index in [0.717, 1.165) is 98.1 Å². The summed E-state index contributed by atoms with van der Waals surface area (Å²) in [5.41, 5.74) is 5.42. The number of ether oxygens (including phenoxy) is 1. The standard InChI is InChI=1S/C46H52ClN9O4/c1-46(2,33-23-31(27-48)24-34(47)25-33)32-5-8-38(9-6-32)60-29-35-13-18-49-44(50-35)55-19-14-30(15-20-55)28-52(3)36-16-21-54(22-17-36)37-7-10-39-41(26-37)53(4)45(59)56(39)40-11-12-42(57)51-43(40)58/h5-10,13,18,23-26,30,36,40H,11-12,14-17,19-22,28-29H2,1-4H3,(H,51,57,58). The third-order valence-corrected chi connectivity index (χ3v) is 13.1. The van der Waals surface area contributed by atoms with E-state index in [4.69, 9.17) is 21.3 Å². The summed E-state index contributed by atoms with van der Waals surface area (Å²) in [6, 6.07) is 23.5. The van der Waals surface area contributed by atoms with Crippen molar-refractivity contribution in [1.29, 1.82) is 5.26 Å². The minimum absolute atomic E-state index is 0.221. The lowest BCUT2D eigenvalue weighted by molar-refractivity contribution is -0.135. The number of halogens is 1. The van der Waals surface area contributed by atoms with Crippen LogP contribution in [0.4, 0.5) is 11.6 Å². The van der Waals surface area contributed by atoms with Crippen molar-refractivity contribution >= 4 is 46.1 Å². The minimum Gasteiger partial charge on any atom is -0.487 e. The van der Waals surface area contributed by atoms with Crippen LogP contribution in [-0.2, 0) is 28.7 Å². The number of carbonyl (C=O) groups excluding carboxylic acids is 2. The molecule has 0 bridgehead atoms. The second-order valence-corrected chi connectivity index (χ2v) is 17.5. The molecule has 0 spiro atoms. The van der Waals surface area contributed by atoms with Crippen LogP contribution in [0.15, 0.2) is 77.7 Å². The van der Waals surface area contributed by atoms with Gasteiger partial charge in [-0.25, -0.2) is 14.8 Å². The Morgan fingerprint density at radius 1 is 0.900 bits per heavy atom. The number of hydrogen-bond acceptors (Lipinski definition) is 10. The molecule has 3 aliphatic rings. The Balaban J connectivity index is 0.801. The number of fused-ring (bicyclic) bond motifs is 1. The van der Waals surface area contributed by atoms with E-state index in [9.17, 15) is 19.6 Å². The van der Waals surface area contributed by atoms with Gasteiger partial charge in [-0.3, -0.25) is 24.0 Å². The van der Waals surface area contributed by atoms with Crippen LogP contribution in [0.5, 0.6) is 5.75 Å². The molecule has 8 rings (SSSR count). The Labute approximate surface area is 355 Å². The molecule has 3 saturated heterocycles. The fourth-order valence-corrected chi connectivity index (χ4v) is 9.37. The van der Waals surface area contributed by atoms with Gasteiger partial charge < -0.3 is 19.4 Å². The van der Waals surface area contributed by atoms with E-state index in [0.29, 0.717) is 41.1 Å². The zero-order chi connectivity index (χ0) is 42.1. The van der Waals surface area contributed by atoms with Crippen LogP contribution in [0, 0.1) is 17.2 Å². The van der Waals surface area contributed by atoms with Gasteiger partial charge in [0.05, 0.1) is 28.4 Å². The number of benzene rings is 3. The number of hydrogen-bond donors (Lipinski definition) is 1. The van der Waals surface area contributed by atoms with Crippen molar-refractivity contribution < 1.29 is 14.3 Å². The van der Waals surface area contributed by atoms with Gasteiger partial charge in [-0.05, 0) is 111 Å². The lowest BCUT2D eigenvalue weighted by atomic mass is 9.78. The largest absolute Gasteiger partial charge is 0.487 e. The van der Waals surface area contributed by atoms with E-state index >= 15 is 0 Å². The number of piperidine rings is 3. The zero-order valence-corrected chi connectivity index (χ0v) is 35.5. The van der Waals surface area contributed by atoms with Gasteiger partial charge in [0, 0.05) is 74.6 Å². The van der Waals surface area contributed by atoms with Crippen molar-refractivity contribution in [2.24, 2.45) is 13.0 Å². The highest BCUT2D eigenvalue weighted by molar-refractivity contribution is 6.30. The van der Waals surface area contributed by atoms with Crippen molar-refractivity contribution in [2.75, 3.05) is 49.6 Å². The van der Waals surface area contributed by atoms with E-state index < -0.39 is 11.9 Å². The number of nitrogens with zero attached hydrogens (tertiary/aromatic N) is 8. The van der Waals surface area contributed by atoms with Crippen molar-refractivity contribution in [3.8, 4) is 11.8 Å². The summed E-state index contributed by atoms with van der Waals surface area (Å²) in [4.78, 5) is 54.3. The van der Waals surface area contributed by atoms with E-state index in [2.05, 4.69) is 70.2 Å². The second kappa shape index (κ2) is 17.1. The van der Waals surface area contributed by atoms with Crippen LogP contribution in [0.25, 0.3) is 11.0 Å². The fraction of sp³-hybridized carbons (Fsp3) is 0.435. The van der Waals surface area contributed by atoms with E-state index in [1.807, 2.05) is 48.7 Å². The molecule has 13 nitrogen and oxygen atoms in total. The highest BCUT2D eigenvalue weighted by atomic mass is 35.5. The summed E-state index contributed by atoms with van der Waals surface area (Å²) >= 11 is 6.31. The van der Waals surface area contributed by atoms with Crippen LogP contribution >= 0.6 is 11.6 Å². The van der Waals surface area contributed by atoms with Crippen molar-refractivity contribution in [3.63, 3.8) is 0 Å². The van der Waals surface area contributed by atoms with Gasteiger partial charge >= 0.3 is 5.69 Å². The molecule has 14 heteroatoms. The van der Waals surface area contributed by atoms with Crippen molar-refractivity contribution in [1.82, 2.24) is 29.3 Å². The van der Waals surface area contributed by atoms with Gasteiger partial charge in [0.15, 0.2) is 0 Å². The van der Waals surface area contributed by atoms with Gasteiger partial charge in [0.1, 0.15) is 18.4 Å². The number of carbonyl (C=O) groups is 2. The Kier molecular flexibility index (Phi) is 11.7. The summed E-state index contributed by atoms with van der Waals surface area (Å²) in [7, 11) is 4.00. The number of nitriles is 1. The van der Waals surface area contributed by atoms with E-state index in [1.54, 1.807) is 17.7 Å². The molecule has 3 fully saturated rings. The first kappa shape index (κ1) is 41.0. The normalized spacial score (nSPS) is 18.2. The van der Waals surface area contributed by atoms with Gasteiger partial charge in [-0.15, -0.1) is 0 Å². The summed E-state index contributed by atoms with van der Waals surface area (Å²) in [6.07, 6.45) is 6.64. The Morgan fingerprint density at radius 3 is 2.35 bits per heavy atom. The monoisotopic (exact) mass is 829 g/mol. The number of aryl methyl sites for hydroxylation is 1. The Bertz CT molecular complexity index is 2490. The number of rotatable bonds is 11. The predicted molar refractivity (Wildman–Crippen MR) is 233 cm³/mol. The molecule has 60 heavy (non-hydrogen) atoms. The first-order valence-electron chi connectivity index (χ1n) is 20.9. The quantitative estimate of drug-likeness (QED) is 0.150. The van der Waals surface area contributed by atoms with Crippen LogP contribution in [0.3, 0.4) is 0 Å². The minimum atomic E-state index is -0.687. The molecule has 1 unspecified atom stereocenters.